The number of hydrogen-bond acceptors (Lipinski definition) is 5. The molecule has 1 fully saturated rings. The molecule has 1 aliphatic rings. The maximum atomic E-state index is 14.3. The number of halogens is 2. The molecule has 124 valence electrons. The van der Waals surface area contributed by atoms with Gasteiger partial charge in [0.15, 0.2) is 6.17 Å². The van der Waals surface area contributed by atoms with Crippen LogP contribution in [0.15, 0.2) is 11.0 Å². The third kappa shape index (κ3) is 3.67. The van der Waals surface area contributed by atoms with Crippen molar-refractivity contribution in [3.05, 3.63) is 26.9 Å². The van der Waals surface area contributed by atoms with Gasteiger partial charge in [-0.1, -0.05) is 12.2 Å². The molecule has 2 rings (SSSR count). The number of rotatable bonds is 4. The van der Waals surface area contributed by atoms with Crippen LogP contribution in [0.4, 0.5) is 8.78 Å². The van der Waals surface area contributed by atoms with Crippen molar-refractivity contribution in [2.24, 2.45) is 0 Å². The summed E-state index contributed by atoms with van der Waals surface area (Å²) < 4.78 is 48.6. The Labute approximate surface area is 127 Å². The number of hydrogen-bond donors (Lipinski definition) is 3. The van der Waals surface area contributed by atoms with Crippen molar-refractivity contribution in [1.29, 1.82) is 0 Å². The van der Waals surface area contributed by atoms with Crippen LogP contribution in [0.2, 0.25) is 0 Å². The number of phosphoric acid groups is 1. The van der Waals surface area contributed by atoms with Crippen LogP contribution < -0.4 is 5.69 Å². The Hall–Kier alpha value is -0.970. The topological polar surface area (TPSA) is 114 Å². The summed E-state index contributed by atoms with van der Waals surface area (Å²) in [7, 11) is -4.98. The number of phosphoric ester groups is 1. The number of nitrogens with zero attached hydrogens (tertiary/aromatic N) is 1. The summed E-state index contributed by atoms with van der Waals surface area (Å²) in [4.78, 5) is 31.2. The monoisotopic (exact) mass is 358 g/mol. The Balaban J connectivity index is 2.24. The minimum absolute atomic E-state index is 0.187. The van der Waals surface area contributed by atoms with Crippen molar-refractivity contribution in [2.75, 3.05) is 6.61 Å². The van der Waals surface area contributed by atoms with Crippen LogP contribution in [-0.2, 0) is 13.8 Å². The molecule has 0 saturated carbocycles. The van der Waals surface area contributed by atoms with Gasteiger partial charge in [-0.15, -0.1) is 0 Å². The van der Waals surface area contributed by atoms with Gasteiger partial charge in [0, 0.05) is 18.2 Å². The highest BCUT2D eigenvalue weighted by Gasteiger charge is 2.52. The van der Waals surface area contributed by atoms with E-state index in [2.05, 4.69) is 9.51 Å². The van der Waals surface area contributed by atoms with Gasteiger partial charge < -0.3 is 14.5 Å². The Morgan fingerprint density at radius 3 is 2.91 bits per heavy atom. The predicted molar refractivity (Wildman–Crippen MR) is 72.1 cm³/mol. The quantitative estimate of drug-likeness (QED) is 0.548. The Morgan fingerprint density at radius 1 is 1.68 bits per heavy atom. The van der Waals surface area contributed by atoms with Crippen LogP contribution in [0.5, 0.6) is 0 Å². The molecule has 1 aliphatic heterocycles. The molecule has 0 aromatic carbocycles. The lowest BCUT2D eigenvalue weighted by atomic mass is 10.2. The van der Waals surface area contributed by atoms with E-state index >= 15 is 0 Å². The zero-order valence-corrected chi connectivity index (χ0v) is 12.9. The van der Waals surface area contributed by atoms with E-state index < -0.39 is 44.8 Å². The molecule has 12 heteroatoms. The fourth-order valence-corrected chi connectivity index (χ4v) is 2.45. The maximum absolute atomic E-state index is 14.3. The predicted octanol–water partition coefficient (Wildman–Crippen LogP) is 1.25. The average molecular weight is 358 g/mol. The number of alkyl halides is 2. The van der Waals surface area contributed by atoms with Gasteiger partial charge in [0.1, 0.15) is 17.5 Å². The highest BCUT2D eigenvalue weighted by atomic mass is 32.1. The molecule has 3 atom stereocenters. The molecule has 0 radical (unpaired) electrons. The highest BCUT2D eigenvalue weighted by molar-refractivity contribution is 7.71. The summed E-state index contributed by atoms with van der Waals surface area (Å²) in [5.74, 6) is -3.06. The summed E-state index contributed by atoms with van der Waals surface area (Å²) in [6.45, 7) is 0.293. The second-order valence-corrected chi connectivity index (χ2v) is 6.45. The summed E-state index contributed by atoms with van der Waals surface area (Å²) in [6, 6.07) is 0. The van der Waals surface area contributed by atoms with Crippen LogP contribution in [-0.4, -0.2) is 38.0 Å². The Morgan fingerprint density at radius 2 is 2.32 bits per heavy atom. The third-order valence-electron chi connectivity index (χ3n) is 3.09. The van der Waals surface area contributed by atoms with Gasteiger partial charge in [-0.2, -0.15) is 0 Å². The number of aryl methyl sites for hydroxylation is 1. The number of aromatic nitrogens is 2. The minimum Gasteiger partial charge on any atom is -0.317 e. The molecule has 0 unspecified atom stereocenters. The molecule has 0 amide bonds. The maximum Gasteiger partial charge on any atom is 0.469 e. The van der Waals surface area contributed by atoms with E-state index in [0.717, 1.165) is 4.57 Å². The first kappa shape index (κ1) is 17.4. The molecule has 2 heterocycles. The summed E-state index contributed by atoms with van der Waals surface area (Å²) in [5.41, 5.74) is -0.218. The second-order valence-electron chi connectivity index (χ2n) is 4.80. The van der Waals surface area contributed by atoms with E-state index in [4.69, 9.17) is 26.7 Å². The van der Waals surface area contributed by atoms with E-state index in [9.17, 15) is 18.1 Å². The van der Waals surface area contributed by atoms with Crippen molar-refractivity contribution in [3.63, 3.8) is 0 Å². The first-order valence-electron chi connectivity index (χ1n) is 6.05. The Bertz CT molecular complexity index is 733. The second kappa shape index (κ2) is 5.91. The minimum atomic E-state index is -4.98. The number of aromatic amines is 1. The lowest BCUT2D eigenvalue weighted by Gasteiger charge is -2.22. The van der Waals surface area contributed by atoms with Gasteiger partial charge >= 0.3 is 13.5 Å². The molecule has 3 N–H and O–H groups in total. The molecule has 1 aromatic heterocycles. The van der Waals surface area contributed by atoms with Crippen LogP contribution >= 0.6 is 20.0 Å². The largest absolute Gasteiger partial charge is 0.469 e. The first-order valence-corrected chi connectivity index (χ1v) is 7.99. The molecular weight excluding hydrogens is 345 g/mol. The molecule has 1 aromatic rings. The van der Waals surface area contributed by atoms with E-state index in [-0.39, 0.29) is 4.64 Å². The van der Waals surface area contributed by atoms with Gasteiger partial charge in [-0.25, -0.2) is 18.1 Å². The zero-order chi connectivity index (χ0) is 16.7. The standard InChI is InChI=1S/C10H13F2N2O6PS/c1-5-3-14(9(15)13-8(5)22)7-2-6(11)10(12,20-7)4-19-21(16,17)18/h3,6-7H,2,4H2,1H3,(H,13,15,22)(H2,16,17,18)/t6-,7+,10+/m0/s1. The average Bonchev–Trinajstić information content (AvgIpc) is 2.68. The van der Waals surface area contributed by atoms with Gasteiger partial charge in [0.25, 0.3) is 5.85 Å². The molecule has 0 aliphatic carbocycles. The molecule has 0 bridgehead atoms. The summed E-state index contributed by atoms with van der Waals surface area (Å²) >= 11 is 4.86. The first-order chi connectivity index (χ1) is 10.0. The zero-order valence-electron chi connectivity index (χ0n) is 11.2. The van der Waals surface area contributed by atoms with Crippen LogP contribution in [0.1, 0.15) is 18.2 Å². The van der Waals surface area contributed by atoms with Crippen LogP contribution in [0.3, 0.4) is 0 Å². The van der Waals surface area contributed by atoms with Gasteiger partial charge in [0.05, 0.1) is 0 Å². The fraction of sp³-hybridized carbons (Fsp3) is 0.600. The van der Waals surface area contributed by atoms with Crippen molar-refractivity contribution >= 4 is 20.0 Å². The van der Waals surface area contributed by atoms with Crippen LogP contribution in [0.25, 0.3) is 0 Å². The molecule has 8 nitrogen and oxygen atoms in total. The van der Waals surface area contributed by atoms with Gasteiger partial charge in [0.2, 0.25) is 0 Å². The van der Waals surface area contributed by atoms with E-state index in [0.29, 0.717) is 5.56 Å². The van der Waals surface area contributed by atoms with Crippen molar-refractivity contribution in [2.45, 2.75) is 31.6 Å². The third-order valence-corrected chi connectivity index (χ3v) is 3.98. The molecular formula is C10H13F2N2O6PS. The molecule has 22 heavy (non-hydrogen) atoms. The smallest absolute Gasteiger partial charge is 0.317 e. The van der Waals surface area contributed by atoms with E-state index in [1.807, 2.05) is 0 Å². The normalized spacial score (nSPS) is 29.0. The summed E-state index contributed by atoms with van der Waals surface area (Å²) in [5, 5.41) is 0. The van der Waals surface area contributed by atoms with E-state index in [1.165, 1.54) is 6.20 Å². The van der Waals surface area contributed by atoms with Gasteiger partial charge in [-0.05, 0) is 6.92 Å². The van der Waals surface area contributed by atoms with Gasteiger partial charge in [-0.3, -0.25) is 14.1 Å². The highest BCUT2D eigenvalue weighted by Crippen LogP contribution is 2.44. The lowest BCUT2D eigenvalue weighted by molar-refractivity contribution is -0.193. The molecule has 0 spiro atoms. The van der Waals surface area contributed by atoms with Crippen LogP contribution in [0, 0.1) is 11.6 Å². The number of H-pyrrole nitrogens is 1. The summed E-state index contributed by atoms with van der Waals surface area (Å²) in [6.07, 6.45) is -2.75. The number of nitrogens with one attached hydrogen (secondary N) is 1. The lowest BCUT2D eigenvalue weighted by Crippen LogP contribution is -2.37. The molecule has 1 saturated heterocycles. The fourth-order valence-electron chi connectivity index (χ4n) is 1.97. The van der Waals surface area contributed by atoms with Crippen molar-refractivity contribution in [3.8, 4) is 0 Å². The SMILES string of the molecule is Cc1cn([C@H]2C[C@H](F)[C@@](F)(COP(=O)(O)O)O2)c(=O)[nH]c1=S. The Kier molecular flexibility index (Phi) is 4.67. The number of ether oxygens (including phenoxy) is 1. The van der Waals surface area contributed by atoms with Crippen molar-refractivity contribution in [1.82, 2.24) is 9.55 Å². The van der Waals surface area contributed by atoms with E-state index in [1.54, 1.807) is 6.92 Å². The van der Waals surface area contributed by atoms with Crippen molar-refractivity contribution < 1.29 is 32.4 Å².